The van der Waals surface area contributed by atoms with Gasteiger partial charge in [-0.3, -0.25) is 4.79 Å². The minimum absolute atomic E-state index is 0.0590. The molecular formula is C17H30O4. The van der Waals surface area contributed by atoms with Crippen molar-refractivity contribution < 1.29 is 19.4 Å². The molecule has 2 rings (SSSR count). The van der Waals surface area contributed by atoms with Gasteiger partial charge in [-0.15, -0.1) is 0 Å². The Kier molecular flexibility index (Phi) is 5.81. The first-order valence-corrected chi connectivity index (χ1v) is 8.34. The number of Topliss-reactive ketones (excluding diaryl/α,β-unsaturated/α-hetero) is 1. The number of hydrogen-bond acceptors (Lipinski definition) is 4. The second-order valence-electron chi connectivity index (χ2n) is 7.20. The topological polar surface area (TPSA) is 55.8 Å². The van der Waals surface area contributed by atoms with Gasteiger partial charge in [0.25, 0.3) is 0 Å². The fourth-order valence-corrected chi connectivity index (χ4v) is 3.97. The van der Waals surface area contributed by atoms with Crippen molar-refractivity contribution in [2.24, 2.45) is 23.2 Å². The van der Waals surface area contributed by atoms with Gasteiger partial charge >= 0.3 is 0 Å². The first kappa shape index (κ1) is 16.9. The van der Waals surface area contributed by atoms with Gasteiger partial charge in [0, 0.05) is 24.9 Å². The van der Waals surface area contributed by atoms with Crippen LogP contribution in [0.3, 0.4) is 0 Å². The van der Waals surface area contributed by atoms with Gasteiger partial charge < -0.3 is 14.6 Å². The van der Waals surface area contributed by atoms with Gasteiger partial charge in [0.1, 0.15) is 5.78 Å². The fraction of sp³-hybridized carbons (Fsp3) is 0.941. The fourth-order valence-electron chi connectivity index (χ4n) is 3.97. The first-order chi connectivity index (χ1) is 9.98. The summed E-state index contributed by atoms with van der Waals surface area (Å²) >= 11 is 0. The van der Waals surface area contributed by atoms with E-state index in [4.69, 9.17) is 14.6 Å². The van der Waals surface area contributed by atoms with Gasteiger partial charge in [0.05, 0.1) is 13.2 Å². The SMILES string of the molecule is CC(CO)CC(=O)C[C@@H]1CCC[C@@H](C)[C@]1(C)C1OCCO1. The lowest BCUT2D eigenvalue weighted by Gasteiger charge is -2.48. The zero-order valence-corrected chi connectivity index (χ0v) is 13.6. The Morgan fingerprint density at radius 3 is 2.62 bits per heavy atom. The third-order valence-corrected chi connectivity index (χ3v) is 5.62. The van der Waals surface area contributed by atoms with Crippen molar-refractivity contribution in [1.82, 2.24) is 0 Å². The summed E-state index contributed by atoms with van der Waals surface area (Å²) in [6, 6.07) is 0. The zero-order valence-electron chi connectivity index (χ0n) is 13.6. The minimum Gasteiger partial charge on any atom is -0.396 e. The van der Waals surface area contributed by atoms with E-state index < -0.39 is 0 Å². The molecule has 1 aliphatic carbocycles. The number of rotatable bonds is 6. The quantitative estimate of drug-likeness (QED) is 0.819. The molecule has 1 heterocycles. The van der Waals surface area contributed by atoms with Crippen molar-refractivity contribution in [1.29, 1.82) is 0 Å². The summed E-state index contributed by atoms with van der Waals surface area (Å²) in [5.41, 5.74) is -0.0765. The summed E-state index contributed by atoms with van der Waals surface area (Å²) in [6.45, 7) is 7.82. The molecule has 0 amide bonds. The van der Waals surface area contributed by atoms with Crippen LogP contribution in [0.5, 0.6) is 0 Å². The van der Waals surface area contributed by atoms with Gasteiger partial charge in [-0.25, -0.2) is 0 Å². The molecule has 0 spiro atoms. The number of ether oxygens (including phenoxy) is 2. The summed E-state index contributed by atoms with van der Waals surface area (Å²) in [5, 5.41) is 9.11. The van der Waals surface area contributed by atoms with Crippen LogP contribution in [-0.4, -0.2) is 37.0 Å². The Bertz CT molecular complexity index is 351. The van der Waals surface area contributed by atoms with Crippen molar-refractivity contribution in [2.45, 2.75) is 59.2 Å². The van der Waals surface area contributed by atoms with Crippen molar-refractivity contribution in [3.63, 3.8) is 0 Å². The molecule has 1 N–H and O–H groups in total. The van der Waals surface area contributed by atoms with Crippen LogP contribution in [-0.2, 0) is 14.3 Å². The number of hydrogen-bond donors (Lipinski definition) is 1. The highest BCUT2D eigenvalue weighted by atomic mass is 16.7. The van der Waals surface area contributed by atoms with E-state index in [0.717, 1.165) is 6.42 Å². The third-order valence-electron chi connectivity index (χ3n) is 5.62. The Labute approximate surface area is 128 Å². The lowest BCUT2D eigenvalue weighted by Crippen LogP contribution is -2.48. The molecule has 21 heavy (non-hydrogen) atoms. The summed E-state index contributed by atoms with van der Waals surface area (Å²) in [7, 11) is 0. The van der Waals surface area contributed by atoms with E-state index in [1.807, 2.05) is 6.92 Å². The van der Waals surface area contributed by atoms with Gasteiger partial charge in [-0.05, 0) is 30.6 Å². The third kappa shape index (κ3) is 3.66. The molecule has 1 unspecified atom stereocenters. The molecule has 2 aliphatic rings. The Morgan fingerprint density at radius 1 is 1.33 bits per heavy atom. The monoisotopic (exact) mass is 298 g/mol. The van der Waals surface area contributed by atoms with Crippen molar-refractivity contribution in [3.05, 3.63) is 0 Å². The van der Waals surface area contributed by atoms with E-state index in [1.54, 1.807) is 0 Å². The van der Waals surface area contributed by atoms with E-state index in [2.05, 4.69) is 13.8 Å². The smallest absolute Gasteiger partial charge is 0.163 e. The highest BCUT2D eigenvalue weighted by molar-refractivity contribution is 5.79. The van der Waals surface area contributed by atoms with Gasteiger partial charge in [0.15, 0.2) is 6.29 Å². The second kappa shape index (κ2) is 7.21. The lowest BCUT2D eigenvalue weighted by molar-refractivity contribution is -0.183. The molecule has 0 aromatic carbocycles. The molecule has 4 heteroatoms. The highest BCUT2D eigenvalue weighted by Crippen LogP contribution is 2.51. The molecule has 0 aromatic rings. The highest BCUT2D eigenvalue weighted by Gasteiger charge is 2.50. The van der Waals surface area contributed by atoms with E-state index in [0.29, 0.717) is 37.9 Å². The van der Waals surface area contributed by atoms with E-state index in [1.165, 1.54) is 12.8 Å². The van der Waals surface area contributed by atoms with Crippen LogP contribution in [0.15, 0.2) is 0 Å². The molecule has 122 valence electrons. The number of carbonyl (C=O) groups is 1. The average molecular weight is 298 g/mol. The van der Waals surface area contributed by atoms with Crippen LogP contribution in [0.4, 0.5) is 0 Å². The van der Waals surface area contributed by atoms with Crippen LogP contribution in [0.1, 0.15) is 52.9 Å². The minimum atomic E-state index is -0.166. The zero-order chi connectivity index (χ0) is 15.5. The molecule has 0 aromatic heterocycles. The van der Waals surface area contributed by atoms with Gasteiger partial charge in [-0.1, -0.05) is 27.2 Å². The van der Waals surface area contributed by atoms with Crippen LogP contribution >= 0.6 is 0 Å². The maximum Gasteiger partial charge on any atom is 0.163 e. The van der Waals surface area contributed by atoms with Crippen LogP contribution in [0.2, 0.25) is 0 Å². The number of aliphatic hydroxyl groups is 1. The number of ketones is 1. The molecular weight excluding hydrogens is 268 g/mol. The van der Waals surface area contributed by atoms with Crippen LogP contribution < -0.4 is 0 Å². The molecule has 0 bridgehead atoms. The predicted octanol–water partition coefficient (Wildman–Crippen LogP) is 2.78. The van der Waals surface area contributed by atoms with Crippen molar-refractivity contribution >= 4 is 5.78 Å². The first-order valence-electron chi connectivity index (χ1n) is 8.34. The maximum atomic E-state index is 12.3. The average Bonchev–Trinajstić information content (AvgIpc) is 2.98. The Hall–Kier alpha value is -0.450. The van der Waals surface area contributed by atoms with E-state index in [-0.39, 0.29) is 30.0 Å². The molecule has 2 fully saturated rings. The number of aliphatic hydroxyl groups excluding tert-OH is 1. The number of carbonyl (C=O) groups excluding carboxylic acids is 1. The molecule has 1 saturated carbocycles. The van der Waals surface area contributed by atoms with Crippen LogP contribution in [0, 0.1) is 23.2 Å². The molecule has 0 radical (unpaired) electrons. The molecule has 1 aliphatic heterocycles. The van der Waals surface area contributed by atoms with Crippen LogP contribution in [0.25, 0.3) is 0 Å². The summed E-state index contributed by atoms with van der Waals surface area (Å²) in [6.07, 6.45) is 4.33. The second-order valence-corrected chi connectivity index (χ2v) is 7.20. The largest absolute Gasteiger partial charge is 0.396 e. The maximum absolute atomic E-state index is 12.3. The molecule has 1 saturated heterocycles. The summed E-state index contributed by atoms with van der Waals surface area (Å²) in [5.74, 6) is 1.15. The van der Waals surface area contributed by atoms with Gasteiger partial charge in [0.2, 0.25) is 0 Å². The van der Waals surface area contributed by atoms with Crippen molar-refractivity contribution in [2.75, 3.05) is 19.8 Å². The standard InChI is InChI=1S/C17H30O4/c1-12(11-18)9-15(19)10-14-6-4-5-13(2)17(14,3)16-20-7-8-21-16/h12-14,16,18H,4-11H2,1-3H3/t12?,13-,14+,17+/m1/s1. The van der Waals surface area contributed by atoms with E-state index in [9.17, 15) is 4.79 Å². The van der Waals surface area contributed by atoms with E-state index >= 15 is 0 Å². The lowest BCUT2D eigenvalue weighted by atomic mass is 9.59. The molecule has 4 atom stereocenters. The predicted molar refractivity (Wildman–Crippen MR) is 80.8 cm³/mol. The summed E-state index contributed by atoms with van der Waals surface area (Å²) in [4.78, 5) is 12.3. The van der Waals surface area contributed by atoms with Crippen molar-refractivity contribution in [3.8, 4) is 0 Å². The van der Waals surface area contributed by atoms with Gasteiger partial charge in [-0.2, -0.15) is 0 Å². The molecule has 4 nitrogen and oxygen atoms in total. The summed E-state index contributed by atoms with van der Waals surface area (Å²) < 4.78 is 11.6. The Morgan fingerprint density at radius 2 is 2.00 bits per heavy atom. The normalized spacial score (nSPS) is 35.8. The Balaban J connectivity index is 2.05.